The van der Waals surface area contributed by atoms with Crippen molar-refractivity contribution in [2.75, 3.05) is 11.9 Å². The Morgan fingerprint density at radius 1 is 1.12 bits per heavy atom. The molecule has 3 rings (SSSR count). The minimum Gasteiger partial charge on any atom is -0.494 e. The van der Waals surface area contributed by atoms with Crippen LogP contribution in [0.4, 0.5) is 5.69 Å². The molecule has 0 atom stereocenters. The number of amides is 1. The van der Waals surface area contributed by atoms with Crippen molar-refractivity contribution < 1.29 is 9.53 Å². The smallest absolute Gasteiger partial charge is 0.255 e. The Balaban J connectivity index is 1.68. The SMILES string of the molecule is CCOc1ccc(C(=O)Nc2ccc(-c3csc(C)n3)cc2)cc1. The van der Waals surface area contributed by atoms with Gasteiger partial charge in [-0.2, -0.15) is 0 Å². The maximum absolute atomic E-state index is 12.3. The molecule has 0 saturated heterocycles. The van der Waals surface area contributed by atoms with Crippen molar-refractivity contribution in [1.29, 1.82) is 0 Å². The van der Waals surface area contributed by atoms with Gasteiger partial charge in [0.05, 0.1) is 17.3 Å². The maximum atomic E-state index is 12.3. The Labute approximate surface area is 145 Å². The first kappa shape index (κ1) is 16.2. The Bertz CT molecular complexity index is 823. The molecule has 1 N–H and O–H groups in total. The monoisotopic (exact) mass is 338 g/mol. The number of rotatable bonds is 5. The van der Waals surface area contributed by atoms with Crippen molar-refractivity contribution in [3.8, 4) is 17.0 Å². The molecule has 122 valence electrons. The summed E-state index contributed by atoms with van der Waals surface area (Å²) in [6.45, 7) is 4.52. The molecular weight excluding hydrogens is 320 g/mol. The van der Waals surface area contributed by atoms with E-state index in [0.717, 1.165) is 27.7 Å². The number of ether oxygens (including phenoxy) is 1. The number of anilines is 1. The van der Waals surface area contributed by atoms with Gasteiger partial charge in [0.1, 0.15) is 5.75 Å². The average Bonchev–Trinajstić information content (AvgIpc) is 3.03. The van der Waals surface area contributed by atoms with E-state index in [1.165, 1.54) is 0 Å². The lowest BCUT2D eigenvalue weighted by atomic mass is 10.1. The van der Waals surface area contributed by atoms with Crippen molar-refractivity contribution >= 4 is 22.9 Å². The standard InChI is InChI=1S/C19H18N2O2S/c1-3-23-17-10-6-15(7-11-17)19(22)21-16-8-4-14(5-9-16)18-12-24-13(2)20-18/h4-12H,3H2,1-2H3,(H,21,22). The van der Waals surface area contributed by atoms with E-state index in [4.69, 9.17) is 4.74 Å². The van der Waals surface area contributed by atoms with E-state index < -0.39 is 0 Å². The summed E-state index contributed by atoms with van der Waals surface area (Å²) in [7, 11) is 0. The summed E-state index contributed by atoms with van der Waals surface area (Å²) in [6, 6.07) is 14.8. The molecule has 0 aliphatic rings. The summed E-state index contributed by atoms with van der Waals surface area (Å²) < 4.78 is 5.38. The molecule has 3 aromatic rings. The second-order valence-electron chi connectivity index (χ2n) is 5.24. The third kappa shape index (κ3) is 3.81. The first-order valence-corrected chi connectivity index (χ1v) is 8.60. The molecule has 0 radical (unpaired) electrons. The van der Waals surface area contributed by atoms with Gasteiger partial charge in [-0.3, -0.25) is 4.79 Å². The van der Waals surface area contributed by atoms with Crippen LogP contribution in [0.15, 0.2) is 53.9 Å². The normalized spacial score (nSPS) is 10.4. The summed E-state index contributed by atoms with van der Waals surface area (Å²) in [4.78, 5) is 16.7. The minimum atomic E-state index is -0.143. The summed E-state index contributed by atoms with van der Waals surface area (Å²) >= 11 is 1.62. The van der Waals surface area contributed by atoms with Crippen molar-refractivity contribution in [2.24, 2.45) is 0 Å². The molecule has 5 heteroatoms. The molecule has 2 aromatic carbocycles. The van der Waals surface area contributed by atoms with Gasteiger partial charge in [0.25, 0.3) is 5.91 Å². The molecule has 0 aliphatic heterocycles. The van der Waals surface area contributed by atoms with Gasteiger partial charge in [0.2, 0.25) is 0 Å². The predicted molar refractivity (Wildman–Crippen MR) is 97.9 cm³/mol. The Hall–Kier alpha value is -2.66. The lowest BCUT2D eigenvalue weighted by Gasteiger charge is -2.07. The number of benzene rings is 2. The van der Waals surface area contributed by atoms with Crippen LogP contribution >= 0.6 is 11.3 Å². The van der Waals surface area contributed by atoms with Crippen LogP contribution < -0.4 is 10.1 Å². The zero-order valence-corrected chi connectivity index (χ0v) is 14.4. The second-order valence-corrected chi connectivity index (χ2v) is 6.30. The van der Waals surface area contributed by atoms with Crippen LogP contribution in [0.5, 0.6) is 5.75 Å². The van der Waals surface area contributed by atoms with Crippen LogP contribution in [0.3, 0.4) is 0 Å². The van der Waals surface area contributed by atoms with E-state index in [1.807, 2.05) is 43.5 Å². The second kappa shape index (κ2) is 7.27. The molecule has 0 fully saturated rings. The van der Waals surface area contributed by atoms with Crippen molar-refractivity contribution in [3.63, 3.8) is 0 Å². The number of carbonyl (C=O) groups is 1. The Morgan fingerprint density at radius 2 is 1.83 bits per heavy atom. The number of hydrogen-bond donors (Lipinski definition) is 1. The Morgan fingerprint density at radius 3 is 2.42 bits per heavy atom. The van der Waals surface area contributed by atoms with Crippen molar-refractivity contribution in [1.82, 2.24) is 4.98 Å². The van der Waals surface area contributed by atoms with Crippen LogP contribution in [0.1, 0.15) is 22.3 Å². The van der Waals surface area contributed by atoms with Gasteiger partial charge in [0, 0.05) is 22.2 Å². The largest absolute Gasteiger partial charge is 0.494 e. The number of aryl methyl sites for hydroxylation is 1. The molecule has 4 nitrogen and oxygen atoms in total. The van der Waals surface area contributed by atoms with Gasteiger partial charge < -0.3 is 10.1 Å². The van der Waals surface area contributed by atoms with E-state index in [9.17, 15) is 4.79 Å². The maximum Gasteiger partial charge on any atom is 0.255 e. The van der Waals surface area contributed by atoms with Crippen molar-refractivity contribution in [3.05, 3.63) is 64.5 Å². The molecule has 0 spiro atoms. The van der Waals surface area contributed by atoms with E-state index in [0.29, 0.717) is 12.2 Å². The zero-order valence-electron chi connectivity index (χ0n) is 13.6. The molecule has 0 aliphatic carbocycles. The van der Waals surface area contributed by atoms with Gasteiger partial charge in [-0.1, -0.05) is 12.1 Å². The van der Waals surface area contributed by atoms with Gasteiger partial charge in [-0.05, 0) is 50.2 Å². The summed E-state index contributed by atoms with van der Waals surface area (Å²) in [5.74, 6) is 0.618. The fraction of sp³-hybridized carbons (Fsp3) is 0.158. The number of hydrogen-bond acceptors (Lipinski definition) is 4. The van der Waals surface area contributed by atoms with Gasteiger partial charge >= 0.3 is 0 Å². The highest BCUT2D eigenvalue weighted by molar-refractivity contribution is 7.09. The summed E-state index contributed by atoms with van der Waals surface area (Å²) in [6.07, 6.45) is 0. The topological polar surface area (TPSA) is 51.2 Å². The number of aromatic nitrogens is 1. The molecular formula is C19H18N2O2S. The zero-order chi connectivity index (χ0) is 16.9. The van der Waals surface area contributed by atoms with Crippen molar-refractivity contribution in [2.45, 2.75) is 13.8 Å². The molecule has 0 bridgehead atoms. The van der Waals surface area contributed by atoms with Crippen LogP contribution in [0, 0.1) is 6.92 Å². The first-order chi connectivity index (χ1) is 11.7. The minimum absolute atomic E-state index is 0.143. The highest BCUT2D eigenvalue weighted by Crippen LogP contribution is 2.23. The van der Waals surface area contributed by atoms with Crippen LogP contribution in [-0.4, -0.2) is 17.5 Å². The molecule has 1 aromatic heterocycles. The number of thiazole rings is 1. The third-order valence-corrected chi connectivity index (χ3v) is 4.26. The molecule has 1 heterocycles. The highest BCUT2D eigenvalue weighted by Gasteiger charge is 2.07. The van der Waals surface area contributed by atoms with Gasteiger partial charge in [-0.25, -0.2) is 4.98 Å². The van der Waals surface area contributed by atoms with Crippen LogP contribution in [0.25, 0.3) is 11.3 Å². The fourth-order valence-corrected chi connectivity index (χ4v) is 2.91. The number of carbonyl (C=O) groups excluding carboxylic acids is 1. The number of nitrogens with one attached hydrogen (secondary N) is 1. The molecule has 0 unspecified atom stereocenters. The van der Waals surface area contributed by atoms with Gasteiger partial charge in [-0.15, -0.1) is 11.3 Å². The van der Waals surface area contributed by atoms with E-state index >= 15 is 0 Å². The van der Waals surface area contributed by atoms with E-state index in [1.54, 1.807) is 35.6 Å². The lowest BCUT2D eigenvalue weighted by molar-refractivity contribution is 0.102. The molecule has 24 heavy (non-hydrogen) atoms. The molecule has 1 amide bonds. The van der Waals surface area contributed by atoms with Crippen LogP contribution in [0.2, 0.25) is 0 Å². The highest BCUT2D eigenvalue weighted by atomic mass is 32.1. The van der Waals surface area contributed by atoms with E-state index in [-0.39, 0.29) is 5.91 Å². The van der Waals surface area contributed by atoms with Gasteiger partial charge in [0.15, 0.2) is 0 Å². The third-order valence-electron chi connectivity index (χ3n) is 3.49. The van der Waals surface area contributed by atoms with Crippen LogP contribution in [-0.2, 0) is 0 Å². The first-order valence-electron chi connectivity index (χ1n) is 7.72. The lowest BCUT2D eigenvalue weighted by Crippen LogP contribution is -2.11. The quantitative estimate of drug-likeness (QED) is 0.729. The number of nitrogens with zero attached hydrogens (tertiary/aromatic N) is 1. The average molecular weight is 338 g/mol. The Kier molecular flexibility index (Phi) is 4.91. The summed E-state index contributed by atoms with van der Waals surface area (Å²) in [5.41, 5.74) is 3.35. The molecule has 0 saturated carbocycles. The summed E-state index contributed by atoms with van der Waals surface area (Å²) in [5, 5.41) is 5.97. The van der Waals surface area contributed by atoms with E-state index in [2.05, 4.69) is 10.3 Å². The predicted octanol–water partition coefficient (Wildman–Crippen LogP) is 4.77. The fourth-order valence-electron chi connectivity index (χ4n) is 2.29.